The third-order valence-electron chi connectivity index (χ3n) is 2.64. The molecular weight excluding hydrogens is 234 g/mol. The zero-order valence-corrected chi connectivity index (χ0v) is 11.1. The molecule has 0 aromatic carbocycles. The molecule has 0 bridgehead atoms. The molecule has 0 aliphatic carbocycles. The predicted molar refractivity (Wildman–Crippen MR) is 67.1 cm³/mol. The van der Waals surface area contributed by atoms with E-state index in [9.17, 15) is 9.90 Å². The smallest absolute Gasteiger partial charge is 0.356 e. The van der Waals surface area contributed by atoms with Crippen LogP contribution >= 0.6 is 0 Å². The lowest BCUT2D eigenvalue weighted by atomic mass is 10.1. The molecule has 1 aromatic heterocycles. The second kappa shape index (κ2) is 7.13. The maximum absolute atomic E-state index is 11.6. The Labute approximate surface area is 107 Å². The minimum Gasteiger partial charge on any atom is -0.461 e. The average molecular weight is 255 g/mol. The molecule has 0 fully saturated rings. The summed E-state index contributed by atoms with van der Waals surface area (Å²) in [5.74, 6) is -0.206. The van der Waals surface area contributed by atoms with E-state index in [0.717, 1.165) is 5.56 Å². The topological polar surface area (TPSA) is 87.2 Å². The maximum Gasteiger partial charge on any atom is 0.356 e. The molecule has 0 aliphatic rings. The van der Waals surface area contributed by atoms with Gasteiger partial charge in [0.15, 0.2) is 0 Å². The van der Waals surface area contributed by atoms with Crippen LogP contribution in [-0.4, -0.2) is 40.5 Å². The highest BCUT2D eigenvalue weighted by atomic mass is 16.5. The summed E-state index contributed by atoms with van der Waals surface area (Å²) in [6, 6.07) is 0. The van der Waals surface area contributed by atoms with Gasteiger partial charge in [-0.15, -0.1) is 0 Å². The molecule has 0 saturated heterocycles. The first kappa shape index (κ1) is 14.7. The van der Waals surface area contributed by atoms with Crippen molar-refractivity contribution in [3.8, 4) is 0 Å². The van der Waals surface area contributed by atoms with E-state index in [4.69, 9.17) is 4.74 Å². The average Bonchev–Trinajstić information content (AvgIpc) is 2.77. The Balaban J connectivity index is 2.48. The van der Waals surface area contributed by atoms with Crippen LogP contribution in [0.2, 0.25) is 0 Å². The van der Waals surface area contributed by atoms with E-state index in [1.807, 2.05) is 13.8 Å². The molecule has 1 unspecified atom stereocenters. The number of esters is 1. The first-order valence-corrected chi connectivity index (χ1v) is 6.14. The standard InChI is InChI=1S/C12H21N3O3/c1-4-18-12(17)11-9(6-14-15-11)5-13-7-10(16)8(2)3/h6,8,10,13,16H,4-5,7H2,1-3H3,(H,14,15). The van der Waals surface area contributed by atoms with Crippen LogP contribution in [0.1, 0.15) is 36.8 Å². The summed E-state index contributed by atoms with van der Waals surface area (Å²) in [5, 5.41) is 19.2. The zero-order valence-electron chi connectivity index (χ0n) is 11.1. The molecule has 1 aromatic rings. The Morgan fingerprint density at radius 3 is 2.94 bits per heavy atom. The normalized spacial score (nSPS) is 12.7. The number of ether oxygens (including phenoxy) is 1. The fraction of sp³-hybridized carbons (Fsp3) is 0.667. The van der Waals surface area contributed by atoms with Crippen molar-refractivity contribution in [2.75, 3.05) is 13.2 Å². The monoisotopic (exact) mass is 255 g/mol. The molecule has 1 rings (SSSR count). The van der Waals surface area contributed by atoms with Crippen LogP contribution in [0, 0.1) is 5.92 Å². The summed E-state index contributed by atoms with van der Waals surface area (Å²) in [5.41, 5.74) is 1.10. The Morgan fingerprint density at radius 1 is 1.61 bits per heavy atom. The van der Waals surface area contributed by atoms with Gasteiger partial charge in [0.2, 0.25) is 0 Å². The lowest BCUT2D eigenvalue weighted by Gasteiger charge is -2.14. The fourth-order valence-electron chi connectivity index (χ4n) is 1.42. The Hall–Kier alpha value is -1.40. The zero-order chi connectivity index (χ0) is 13.5. The molecule has 102 valence electrons. The lowest BCUT2D eigenvalue weighted by Crippen LogP contribution is -2.30. The van der Waals surface area contributed by atoms with Crippen LogP contribution < -0.4 is 5.32 Å². The third kappa shape index (κ3) is 4.12. The quantitative estimate of drug-likeness (QED) is 0.624. The van der Waals surface area contributed by atoms with Crippen molar-refractivity contribution in [1.82, 2.24) is 15.5 Å². The van der Waals surface area contributed by atoms with Crippen molar-refractivity contribution in [3.63, 3.8) is 0 Å². The van der Waals surface area contributed by atoms with Gasteiger partial charge in [-0.25, -0.2) is 4.79 Å². The van der Waals surface area contributed by atoms with Crippen LogP contribution in [0.5, 0.6) is 0 Å². The first-order valence-electron chi connectivity index (χ1n) is 6.14. The number of aliphatic hydroxyl groups is 1. The molecule has 0 spiro atoms. The van der Waals surface area contributed by atoms with Gasteiger partial charge in [0.25, 0.3) is 0 Å². The first-order chi connectivity index (χ1) is 8.56. The highest BCUT2D eigenvalue weighted by Gasteiger charge is 2.15. The molecular formula is C12H21N3O3. The summed E-state index contributed by atoms with van der Waals surface area (Å²) in [4.78, 5) is 11.6. The molecule has 0 saturated carbocycles. The van der Waals surface area contributed by atoms with Gasteiger partial charge in [-0.1, -0.05) is 13.8 Å². The number of H-pyrrole nitrogens is 1. The molecule has 3 N–H and O–H groups in total. The van der Waals surface area contributed by atoms with Gasteiger partial charge in [0.1, 0.15) is 5.69 Å². The van der Waals surface area contributed by atoms with Crippen LogP contribution in [0.15, 0.2) is 6.20 Å². The number of rotatable bonds is 7. The van der Waals surface area contributed by atoms with Crippen molar-refractivity contribution in [3.05, 3.63) is 17.5 Å². The summed E-state index contributed by atoms with van der Waals surface area (Å²) in [6.07, 6.45) is 1.18. The van der Waals surface area contributed by atoms with E-state index in [2.05, 4.69) is 15.5 Å². The molecule has 0 aliphatic heterocycles. The van der Waals surface area contributed by atoms with Crippen molar-refractivity contribution in [2.45, 2.75) is 33.4 Å². The lowest BCUT2D eigenvalue weighted by molar-refractivity contribution is 0.0518. The summed E-state index contributed by atoms with van der Waals surface area (Å²) in [7, 11) is 0. The third-order valence-corrected chi connectivity index (χ3v) is 2.64. The molecule has 1 atom stereocenters. The summed E-state index contributed by atoms with van der Waals surface area (Å²) in [6.45, 7) is 6.93. The molecule has 0 amide bonds. The van der Waals surface area contributed by atoms with E-state index in [0.29, 0.717) is 25.4 Å². The largest absolute Gasteiger partial charge is 0.461 e. The Bertz CT molecular complexity index is 376. The van der Waals surface area contributed by atoms with E-state index in [1.54, 1.807) is 13.1 Å². The van der Waals surface area contributed by atoms with Gasteiger partial charge in [-0.05, 0) is 12.8 Å². The highest BCUT2D eigenvalue weighted by Crippen LogP contribution is 2.06. The van der Waals surface area contributed by atoms with Gasteiger partial charge < -0.3 is 15.2 Å². The number of nitrogens with zero attached hydrogens (tertiary/aromatic N) is 1. The van der Waals surface area contributed by atoms with Gasteiger partial charge in [0.05, 0.1) is 18.9 Å². The number of carbonyl (C=O) groups excluding carboxylic acids is 1. The number of hydrogen-bond donors (Lipinski definition) is 3. The van der Waals surface area contributed by atoms with Crippen molar-refractivity contribution in [2.24, 2.45) is 5.92 Å². The van der Waals surface area contributed by atoms with E-state index in [-0.39, 0.29) is 5.92 Å². The Morgan fingerprint density at radius 2 is 2.33 bits per heavy atom. The molecule has 6 nitrogen and oxygen atoms in total. The van der Waals surface area contributed by atoms with Crippen LogP contribution in [-0.2, 0) is 11.3 Å². The van der Waals surface area contributed by atoms with Gasteiger partial charge in [0, 0.05) is 18.7 Å². The minimum atomic E-state index is -0.406. The molecule has 18 heavy (non-hydrogen) atoms. The number of hydrogen-bond acceptors (Lipinski definition) is 5. The van der Waals surface area contributed by atoms with Crippen LogP contribution in [0.3, 0.4) is 0 Å². The van der Waals surface area contributed by atoms with Crippen molar-refractivity contribution in [1.29, 1.82) is 0 Å². The molecule has 0 radical (unpaired) electrons. The SMILES string of the molecule is CCOC(=O)c1[nH]ncc1CNCC(O)C(C)C. The second-order valence-electron chi connectivity index (χ2n) is 4.43. The van der Waals surface area contributed by atoms with E-state index in [1.165, 1.54) is 0 Å². The van der Waals surface area contributed by atoms with Crippen molar-refractivity contribution >= 4 is 5.97 Å². The number of nitrogens with one attached hydrogen (secondary N) is 2. The van der Waals surface area contributed by atoms with E-state index >= 15 is 0 Å². The Kier molecular flexibility index (Phi) is 5.80. The van der Waals surface area contributed by atoms with Crippen LogP contribution in [0.25, 0.3) is 0 Å². The van der Waals surface area contributed by atoms with Crippen molar-refractivity contribution < 1.29 is 14.6 Å². The number of aromatic amines is 1. The number of aromatic nitrogens is 2. The number of aliphatic hydroxyl groups excluding tert-OH is 1. The highest BCUT2D eigenvalue weighted by molar-refractivity contribution is 5.88. The fourth-order valence-corrected chi connectivity index (χ4v) is 1.42. The minimum absolute atomic E-state index is 0.200. The summed E-state index contributed by atoms with van der Waals surface area (Å²) >= 11 is 0. The van der Waals surface area contributed by atoms with Gasteiger partial charge >= 0.3 is 5.97 Å². The van der Waals surface area contributed by atoms with Gasteiger partial charge in [-0.2, -0.15) is 5.10 Å². The second-order valence-corrected chi connectivity index (χ2v) is 4.43. The van der Waals surface area contributed by atoms with E-state index < -0.39 is 12.1 Å². The van der Waals surface area contributed by atoms with Crippen LogP contribution in [0.4, 0.5) is 0 Å². The van der Waals surface area contributed by atoms with Gasteiger partial charge in [-0.3, -0.25) is 5.10 Å². The summed E-state index contributed by atoms with van der Waals surface area (Å²) < 4.78 is 4.91. The molecule has 6 heteroatoms. The number of carbonyl (C=O) groups is 1. The maximum atomic E-state index is 11.6. The molecule has 1 heterocycles. The predicted octanol–water partition coefficient (Wildman–Crippen LogP) is 0.693.